The Hall–Kier alpha value is -0.840. The molecule has 0 spiro atoms. The van der Waals surface area contributed by atoms with E-state index in [1.807, 2.05) is 6.92 Å². The first kappa shape index (κ1) is 16.2. The van der Waals surface area contributed by atoms with Gasteiger partial charge in [-0.05, 0) is 56.9 Å². The van der Waals surface area contributed by atoms with Gasteiger partial charge < -0.3 is 14.5 Å². The minimum Gasteiger partial charge on any atom is -0.550 e. The van der Waals surface area contributed by atoms with Crippen molar-refractivity contribution in [1.29, 1.82) is 0 Å². The van der Waals surface area contributed by atoms with Crippen LogP contribution in [-0.4, -0.2) is 15.5 Å². The second-order valence-electron chi connectivity index (χ2n) is 4.71. The van der Waals surface area contributed by atoms with E-state index in [9.17, 15) is 9.90 Å². The molecule has 0 saturated heterocycles. The first-order chi connectivity index (χ1) is 8.49. The fourth-order valence-corrected chi connectivity index (χ4v) is 2.16. The minimum atomic E-state index is -0.996. The third-order valence-electron chi connectivity index (χ3n) is 3.32. The number of aryl methyl sites for hydroxylation is 4. The molecule has 0 saturated carbocycles. The van der Waals surface area contributed by atoms with Gasteiger partial charge in [0.15, 0.2) is 0 Å². The predicted molar refractivity (Wildman–Crippen MR) is 68.2 cm³/mol. The fraction of sp³-hybridized carbons (Fsp3) is 0.429. The van der Waals surface area contributed by atoms with E-state index in [2.05, 4.69) is 35.5 Å². The maximum atomic E-state index is 10.4. The molecule has 0 aliphatic carbocycles. The Morgan fingerprint density at radius 1 is 1.26 bits per heavy atom. The number of hydrogen-bond donors (Lipinski definition) is 0. The molecule has 19 heavy (non-hydrogen) atoms. The summed E-state index contributed by atoms with van der Waals surface area (Å²) in [5.41, 5.74) is 4.50. The second kappa shape index (κ2) is 6.55. The van der Waals surface area contributed by atoms with Gasteiger partial charge in [0, 0.05) is 12.5 Å². The first-order valence-electron chi connectivity index (χ1n) is 6.13. The van der Waals surface area contributed by atoms with Crippen molar-refractivity contribution in [2.24, 2.45) is 0 Å². The maximum absolute atomic E-state index is 10.4. The van der Waals surface area contributed by atoms with Gasteiger partial charge in [-0.2, -0.15) is 0 Å². The molecule has 1 aromatic heterocycles. The summed E-state index contributed by atoms with van der Waals surface area (Å²) in [5, 5.41) is 10.4. The van der Waals surface area contributed by atoms with Crippen molar-refractivity contribution in [3.63, 3.8) is 0 Å². The molecule has 2 rings (SSSR count). The van der Waals surface area contributed by atoms with Crippen LogP contribution >= 0.6 is 0 Å². The molecule has 0 N–H and O–H groups in total. The SMILES string of the molecule is Cc1cc2nc(C)n(CCCC(=O)[O-])c2cc1C.[Na+]. The predicted octanol–water partition coefficient (Wildman–Crippen LogP) is -1.50. The number of carbonyl (C=O) groups excluding carboxylic acids is 1. The summed E-state index contributed by atoms with van der Waals surface area (Å²) in [5.74, 6) is -0.0718. The van der Waals surface area contributed by atoms with Crippen molar-refractivity contribution in [3.8, 4) is 0 Å². The number of aliphatic carboxylic acids is 1. The number of aromatic nitrogens is 2. The third-order valence-corrected chi connectivity index (χ3v) is 3.32. The summed E-state index contributed by atoms with van der Waals surface area (Å²) in [6.45, 7) is 6.75. The maximum Gasteiger partial charge on any atom is 1.00 e. The van der Waals surface area contributed by atoms with Crippen LogP contribution in [0.4, 0.5) is 0 Å². The number of benzene rings is 1. The zero-order chi connectivity index (χ0) is 13.3. The van der Waals surface area contributed by atoms with Crippen LogP contribution in [0.15, 0.2) is 12.1 Å². The number of carbonyl (C=O) groups is 1. The number of fused-ring (bicyclic) bond motifs is 1. The van der Waals surface area contributed by atoms with Crippen LogP contribution in [0.3, 0.4) is 0 Å². The molecule has 0 fully saturated rings. The summed E-state index contributed by atoms with van der Waals surface area (Å²) < 4.78 is 2.07. The number of nitrogens with zero attached hydrogens (tertiary/aromatic N) is 2. The molecule has 96 valence electrons. The zero-order valence-corrected chi connectivity index (χ0v) is 14.0. The van der Waals surface area contributed by atoms with Crippen LogP contribution in [0.2, 0.25) is 0 Å². The molecule has 4 nitrogen and oxygen atoms in total. The van der Waals surface area contributed by atoms with E-state index in [4.69, 9.17) is 0 Å². The summed E-state index contributed by atoms with van der Waals surface area (Å²) in [6, 6.07) is 4.19. The van der Waals surface area contributed by atoms with Gasteiger partial charge in [-0.25, -0.2) is 4.98 Å². The Kier molecular flexibility index (Phi) is 5.59. The molecule has 1 aromatic carbocycles. The van der Waals surface area contributed by atoms with Crippen LogP contribution in [0.25, 0.3) is 11.0 Å². The number of carboxylic acids is 1. The number of imidazole rings is 1. The van der Waals surface area contributed by atoms with Crippen molar-refractivity contribution < 1.29 is 39.5 Å². The van der Waals surface area contributed by atoms with Crippen molar-refractivity contribution in [2.75, 3.05) is 0 Å². The summed E-state index contributed by atoms with van der Waals surface area (Å²) in [6.07, 6.45) is 0.658. The largest absolute Gasteiger partial charge is 1.00 e. The topological polar surface area (TPSA) is 58.0 Å². The average molecular weight is 268 g/mol. The quantitative estimate of drug-likeness (QED) is 0.634. The minimum absolute atomic E-state index is 0. The van der Waals surface area contributed by atoms with Crippen LogP contribution < -0.4 is 34.7 Å². The Labute approximate surface area is 135 Å². The second-order valence-corrected chi connectivity index (χ2v) is 4.71. The molecule has 1 heterocycles. The smallest absolute Gasteiger partial charge is 0.550 e. The van der Waals surface area contributed by atoms with Gasteiger partial charge >= 0.3 is 29.6 Å². The fourth-order valence-electron chi connectivity index (χ4n) is 2.16. The molecule has 5 heteroatoms. The van der Waals surface area contributed by atoms with Crippen LogP contribution in [-0.2, 0) is 11.3 Å². The average Bonchev–Trinajstić information content (AvgIpc) is 2.56. The number of rotatable bonds is 4. The van der Waals surface area contributed by atoms with E-state index in [0.29, 0.717) is 13.0 Å². The molecule has 2 aromatic rings. The Bertz CT molecular complexity index is 605. The molecule has 0 bridgehead atoms. The van der Waals surface area contributed by atoms with Gasteiger partial charge in [0.1, 0.15) is 5.82 Å². The van der Waals surface area contributed by atoms with E-state index in [0.717, 1.165) is 16.9 Å². The van der Waals surface area contributed by atoms with Crippen LogP contribution in [0.1, 0.15) is 29.8 Å². The van der Waals surface area contributed by atoms with Crippen LogP contribution in [0, 0.1) is 20.8 Å². The van der Waals surface area contributed by atoms with Gasteiger partial charge in [0.25, 0.3) is 0 Å². The summed E-state index contributed by atoms with van der Waals surface area (Å²) in [4.78, 5) is 15.0. The number of hydrogen-bond acceptors (Lipinski definition) is 3. The Balaban J connectivity index is 0.00000180. The van der Waals surface area contributed by atoms with Gasteiger partial charge in [-0.1, -0.05) is 0 Å². The summed E-state index contributed by atoms with van der Waals surface area (Å²) in [7, 11) is 0. The zero-order valence-electron chi connectivity index (χ0n) is 12.0. The van der Waals surface area contributed by atoms with Gasteiger partial charge in [-0.3, -0.25) is 0 Å². The van der Waals surface area contributed by atoms with E-state index in [1.54, 1.807) is 0 Å². The van der Waals surface area contributed by atoms with E-state index in [1.165, 1.54) is 11.1 Å². The molecule has 0 aliphatic heterocycles. The van der Waals surface area contributed by atoms with Crippen molar-refractivity contribution in [3.05, 3.63) is 29.1 Å². The first-order valence-corrected chi connectivity index (χ1v) is 6.13. The van der Waals surface area contributed by atoms with E-state index >= 15 is 0 Å². The van der Waals surface area contributed by atoms with E-state index < -0.39 is 5.97 Å². The summed E-state index contributed by atoms with van der Waals surface area (Å²) >= 11 is 0. The van der Waals surface area contributed by atoms with Crippen molar-refractivity contribution in [1.82, 2.24) is 9.55 Å². The molecular weight excluding hydrogens is 251 g/mol. The molecule has 0 atom stereocenters. The van der Waals surface area contributed by atoms with Gasteiger partial charge in [0.05, 0.1) is 11.0 Å². The molecule has 0 aliphatic rings. The van der Waals surface area contributed by atoms with Crippen molar-refractivity contribution >= 4 is 17.0 Å². The Morgan fingerprint density at radius 3 is 2.53 bits per heavy atom. The van der Waals surface area contributed by atoms with Gasteiger partial charge in [-0.15, -0.1) is 0 Å². The molecule has 0 unspecified atom stereocenters. The van der Waals surface area contributed by atoms with Gasteiger partial charge in [0.2, 0.25) is 0 Å². The molecular formula is C14H17N2NaO2. The number of carboxylic acid groups (broad SMARTS) is 1. The monoisotopic (exact) mass is 268 g/mol. The molecule has 0 radical (unpaired) electrons. The Morgan fingerprint density at radius 2 is 1.89 bits per heavy atom. The van der Waals surface area contributed by atoms with E-state index in [-0.39, 0.29) is 36.0 Å². The van der Waals surface area contributed by atoms with Crippen LogP contribution in [0.5, 0.6) is 0 Å². The standard InChI is InChI=1S/C14H18N2O2.Na/c1-9-7-12-13(8-10(9)2)16(11(3)15-12)6-4-5-14(17)18;/h7-8H,4-6H2,1-3H3,(H,17,18);/q;+1/p-1. The van der Waals surface area contributed by atoms with Crippen molar-refractivity contribution in [2.45, 2.75) is 40.2 Å². The third kappa shape index (κ3) is 3.59. The normalized spacial score (nSPS) is 10.5. The molecule has 0 amide bonds.